The molecule has 5 heteroatoms. The van der Waals surface area contributed by atoms with Gasteiger partial charge in [0.05, 0.1) is 22.2 Å². The fourth-order valence-corrected chi connectivity index (χ4v) is 1.30. The first-order valence-electron chi connectivity index (χ1n) is 3.82. The number of hydrogen-bond donors (Lipinski definition) is 1. The van der Waals surface area contributed by atoms with Gasteiger partial charge in [-0.05, 0) is 12.1 Å². The number of aldehydes is 1. The Hall–Kier alpha value is -1.06. The van der Waals surface area contributed by atoms with Gasteiger partial charge in [0.15, 0.2) is 0 Å². The molecule has 1 N–H and O–H groups in total. The van der Waals surface area contributed by atoms with Gasteiger partial charge in [-0.1, -0.05) is 29.3 Å². The van der Waals surface area contributed by atoms with Crippen LogP contribution in [0.5, 0.6) is 0 Å². The average molecular weight is 232 g/mol. The molecule has 0 aliphatic rings. The largest absolute Gasteiger partial charge is 0.345 e. The molecule has 14 heavy (non-hydrogen) atoms. The molecule has 0 saturated carbocycles. The number of carbonyl (C=O) groups excluding carboxylic acids is 2. The molecule has 0 radical (unpaired) electrons. The lowest BCUT2D eigenvalue weighted by Crippen LogP contribution is -2.25. The number of amides is 1. The predicted octanol–water partition coefficient (Wildman–Crippen LogP) is 1.92. The second-order valence-electron chi connectivity index (χ2n) is 2.48. The van der Waals surface area contributed by atoms with Crippen LogP contribution in [0.25, 0.3) is 0 Å². The highest BCUT2D eigenvalue weighted by molar-refractivity contribution is 6.43. The van der Waals surface area contributed by atoms with Crippen molar-refractivity contribution in [1.29, 1.82) is 0 Å². The van der Waals surface area contributed by atoms with Crippen LogP contribution >= 0.6 is 23.2 Å². The molecular weight excluding hydrogens is 225 g/mol. The summed E-state index contributed by atoms with van der Waals surface area (Å²) < 4.78 is 0. The van der Waals surface area contributed by atoms with E-state index in [0.717, 1.165) is 0 Å². The fourth-order valence-electron chi connectivity index (χ4n) is 0.909. The van der Waals surface area contributed by atoms with Gasteiger partial charge in [-0.25, -0.2) is 0 Å². The maximum Gasteiger partial charge on any atom is 0.253 e. The topological polar surface area (TPSA) is 46.2 Å². The maximum absolute atomic E-state index is 11.4. The van der Waals surface area contributed by atoms with Crippen molar-refractivity contribution in [3.8, 4) is 0 Å². The zero-order valence-corrected chi connectivity index (χ0v) is 8.60. The highest BCUT2D eigenvalue weighted by atomic mass is 35.5. The molecule has 1 rings (SSSR count). The van der Waals surface area contributed by atoms with E-state index >= 15 is 0 Å². The Morgan fingerprint density at radius 3 is 2.79 bits per heavy atom. The van der Waals surface area contributed by atoms with Gasteiger partial charge in [0.1, 0.15) is 6.29 Å². The van der Waals surface area contributed by atoms with Crippen LogP contribution in [-0.2, 0) is 4.79 Å². The molecule has 1 amide bonds. The minimum absolute atomic E-state index is 0.0400. The molecule has 0 aromatic heterocycles. The van der Waals surface area contributed by atoms with E-state index < -0.39 is 5.91 Å². The Labute approximate surface area is 91.0 Å². The summed E-state index contributed by atoms with van der Waals surface area (Å²) in [5.41, 5.74) is 0.265. The van der Waals surface area contributed by atoms with Gasteiger partial charge in [-0.3, -0.25) is 4.79 Å². The third-order valence-electron chi connectivity index (χ3n) is 1.54. The predicted molar refractivity (Wildman–Crippen MR) is 54.9 cm³/mol. The summed E-state index contributed by atoms with van der Waals surface area (Å²) in [4.78, 5) is 21.4. The first-order valence-corrected chi connectivity index (χ1v) is 4.58. The van der Waals surface area contributed by atoms with E-state index in [2.05, 4.69) is 5.32 Å². The molecule has 1 aromatic rings. The van der Waals surface area contributed by atoms with Crippen LogP contribution < -0.4 is 5.32 Å². The van der Waals surface area contributed by atoms with Crippen LogP contribution in [-0.4, -0.2) is 18.7 Å². The second-order valence-corrected chi connectivity index (χ2v) is 3.26. The van der Waals surface area contributed by atoms with Crippen LogP contribution in [0.4, 0.5) is 0 Å². The molecule has 0 atom stereocenters. The molecule has 0 aliphatic heterocycles. The van der Waals surface area contributed by atoms with E-state index in [4.69, 9.17) is 23.2 Å². The van der Waals surface area contributed by atoms with Gasteiger partial charge in [-0.15, -0.1) is 0 Å². The Balaban J connectivity index is 2.89. The molecule has 0 saturated heterocycles. The molecule has 3 nitrogen and oxygen atoms in total. The van der Waals surface area contributed by atoms with E-state index in [9.17, 15) is 9.59 Å². The third kappa shape index (κ3) is 2.47. The van der Waals surface area contributed by atoms with Gasteiger partial charge < -0.3 is 10.1 Å². The third-order valence-corrected chi connectivity index (χ3v) is 2.36. The monoisotopic (exact) mass is 231 g/mol. The number of carbonyl (C=O) groups is 2. The van der Waals surface area contributed by atoms with Crippen molar-refractivity contribution >= 4 is 35.4 Å². The summed E-state index contributed by atoms with van der Waals surface area (Å²) in [7, 11) is 0. The minimum Gasteiger partial charge on any atom is -0.345 e. The summed E-state index contributed by atoms with van der Waals surface area (Å²) in [5, 5.41) is 2.87. The number of benzene rings is 1. The van der Waals surface area contributed by atoms with Crippen molar-refractivity contribution in [1.82, 2.24) is 5.32 Å². The van der Waals surface area contributed by atoms with Gasteiger partial charge in [-0.2, -0.15) is 0 Å². The summed E-state index contributed by atoms with van der Waals surface area (Å²) >= 11 is 11.5. The van der Waals surface area contributed by atoms with Gasteiger partial charge >= 0.3 is 0 Å². The fraction of sp³-hybridized carbons (Fsp3) is 0.111. The number of hydrogen-bond acceptors (Lipinski definition) is 2. The van der Waals surface area contributed by atoms with E-state index in [-0.39, 0.29) is 17.1 Å². The van der Waals surface area contributed by atoms with Crippen LogP contribution in [0.15, 0.2) is 18.2 Å². The van der Waals surface area contributed by atoms with Gasteiger partial charge in [0, 0.05) is 0 Å². The standard InChI is InChI=1S/C9H7Cl2NO2/c10-7-3-1-2-6(8(7)11)9(14)12-4-5-13/h1-3,5H,4H2,(H,12,14). The number of nitrogens with one attached hydrogen (secondary N) is 1. The quantitative estimate of drug-likeness (QED) is 0.809. The highest BCUT2D eigenvalue weighted by Crippen LogP contribution is 2.25. The molecule has 0 spiro atoms. The second kappa shape index (κ2) is 4.98. The summed E-state index contributed by atoms with van der Waals surface area (Å²) in [5.74, 6) is -0.412. The normalized spacial score (nSPS) is 9.57. The lowest BCUT2D eigenvalue weighted by Gasteiger charge is -2.04. The van der Waals surface area contributed by atoms with Crippen LogP contribution in [0.2, 0.25) is 10.0 Å². The van der Waals surface area contributed by atoms with E-state index in [1.54, 1.807) is 12.1 Å². The molecule has 1 aromatic carbocycles. The Morgan fingerprint density at radius 1 is 1.43 bits per heavy atom. The zero-order valence-electron chi connectivity index (χ0n) is 7.09. The first-order chi connectivity index (χ1) is 6.66. The van der Waals surface area contributed by atoms with Crippen LogP contribution in [0.1, 0.15) is 10.4 Å². The molecule has 74 valence electrons. The van der Waals surface area contributed by atoms with E-state index in [1.807, 2.05) is 0 Å². The van der Waals surface area contributed by atoms with E-state index in [0.29, 0.717) is 11.3 Å². The molecule has 0 heterocycles. The molecule has 0 aliphatic carbocycles. The Kier molecular flexibility index (Phi) is 3.92. The Morgan fingerprint density at radius 2 is 2.14 bits per heavy atom. The average Bonchev–Trinajstić information content (AvgIpc) is 2.18. The van der Waals surface area contributed by atoms with Crippen molar-refractivity contribution in [2.45, 2.75) is 0 Å². The van der Waals surface area contributed by atoms with Crippen LogP contribution in [0, 0.1) is 0 Å². The molecular formula is C9H7Cl2NO2. The van der Waals surface area contributed by atoms with Crippen molar-refractivity contribution < 1.29 is 9.59 Å². The SMILES string of the molecule is O=CCNC(=O)c1cccc(Cl)c1Cl. The molecule has 0 bridgehead atoms. The van der Waals surface area contributed by atoms with Crippen LogP contribution in [0.3, 0.4) is 0 Å². The zero-order chi connectivity index (χ0) is 10.6. The van der Waals surface area contributed by atoms with Crippen molar-refractivity contribution in [2.24, 2.45) is 0 Å². The van der Waals surface area contributed by atoms with Gasteiger partial charge in [0.25, 0.3) is 5.91 Å². The summed E-state index contributed by atoms with van der Waals surface area (Å²) in [6, 6.07) is 4.73. The van der Waals surface area contributed by atoms with Crippen molar-refractivity contribution in [2.75, 3.05) is 6.54 Å². The van der Waals surface area contributed by atoms with Crippen molar-refractivity contribution in [3.63, 3.8) is 0 Å². The summed E-state index contributed by atoms with van der Waals surface area (Å²) in [6.07, 6.45) is 0.594. The highest BCUT2D eigenvalue weighted by Gasteiger charge is 2.11. The van der Waals surface area contributed by atoms with Crippen molar-refractivity contribution in [3.05, 3.63) is 33.8 Å². The smallest absolute Gasteiger partial charge is 0.253 e. The first kappa shape index (κ1) is 11.0. The summed E-state index contributed by atoms with van der Waals surface area (Å²) in [6.45, 7) is -0.0400. The number of halogens is 2. The lowest BCUT2D eigenvalue weighted by molar-refractivity contribution is -0.107. The lowest BCUT2D eigenvalue weighted by atomic mass is 10.2. The Bertz CT molecular complexity index is 366. The van der Waals surface area contributed by atoms with Gasteiger partial charge in [0.2, 0.25) is 0 Å². The maximum atomic E-state index is 11.4. The minimum atomic E-state index is -0.412. The molecule has 0 unspecified atom stereocenters. The van der Waals surface area contributed by atoms with E-state index in [1.165, 1.54) is 6.07 Å². The molecule has 0 fully saturated rings. The number of rotatable bonds is 3.